The van der Waals surface area contributed by atoms with Gasteiger partial charge in [0.2, 0.25) is 0 Å². The normalized spacial score (nSPS) is 15.5. The molecule has 2 heterocycles. The largest absolute Gasteiger partial charge is 0.353 e. The van der Waals surface area contributed by atoms with Crippen LogP contribution in [0.15, 0.2) is 23.8 Å². The summed E-state index contributed by atoms with van der Waals surface area (Å²) >= 11 is 0. The third-order valence-corrected chi connectivity index (χ3v) is 3.93. The highest BCUT2D eigenvalue weighted by Crippen LogP contribution is 2.20. The van der Waals surface area contributed by atoms with Crippen LogP contribution in [-0.4, -0.2) is 24.6 Å². The number of anilines is 1. The minimum atomic E-state index is 0.687. The molecule has 0 radical (unpaired) electrons. The zero-order valence-corrected chi connectivity index (χ0v) is 13.9. The Morgan fingerprint density at radius 2 is 2.14 bits per heavy atom. The van der Waals surface area contributed by atoms with Crippen LogP contribution in [0.3, 0.4) is 0 Å². The third-order valence-electron chi connectivity index (χ3n) is 3.93. The van der Waals surface area contributed by atoms with E-state index in [4.69, 9.17) is 4.98 Å². The number of nitrogens with zero attached hydrogens (tertiary/aromatic N) is 2. The van der Waals surface area contributed by atoms with E-state index in [0.717, 1.165) is 44.8 Å². The van der Waals surface area contributed by atoms with Gasteiger partial charge in [0.1, 0.15) is 5.82 Å². The lowest BCUT2D eigenvalue weighted by molar-refractivity contribution is 0.552. The van der Waals surface area contributed by atoms with E-state index in [9.17, 15) is 0 Å². The molecule has 1 aliphatic rings. The Hall–Kier alpha value is -1.35. The van der Waals surface area contributed by atoms with Crippen LogP contribution in [-0.2, 0) is 13.0 Å². The summed E-state index contributed by atoms with van der Waals surface area (Å²) in [4.78, 5) is 7.20. The Balaban J connectivity index is 2.10. The molecule has 3 heteroatoms. The molecule has 0 atom stereocenters. The van der Waals surface area contributed by atoms with Crippen molar-refractivity contribution in [2.45, 2.75) is 47.1 Å². The topological polar surface area (TPSA) is 28.2 Å². The molecule has 1 aromatic heterocycles. The lowest BCUT2D eigenvalue weighted by Gasteiger charge is -2.27. The Bertz CT molecular complexity index is 491. The van der Waals surface area contributed by atoms with Gasteiger partial charge in [0.25, 0.3) is 0 Å². The summed E-state index contributed by atoms with van der Waals surface area (Å²) in [7, 11) is 0. The van der Waals surface area contributed by atoms with Crippen LogP contribution in [0.4, 0.5) is 5.82 Å². The van der Waals surface area contributed by atoms with E-state index in [-0.39, 0.29) is 0 Å². The summed E-state index contributed by atoms with van der Waals surface area (Å²) in [5, 5.41) is 3.53. The quantitative estimate of drug-likeness (QED) is 0.811. The summed E-state index contributed by atoms with van der Waals surface area (Å²) in [6.07, 6.45) is 4.47. The van der Waals surface area contributed by atoms with Gasteiger partial charge in [-0.1, -0.05) is 32.4 Å². The van der Waals surface area contributed by atoms with E-state index in [1.165, 1.54) is 16.8 Å². The van der Waals surface area contributed by atoms with Crippen molar-refractivity contribution in [2.75, 3.05) is 24.5 Å². The molecule has 0 unspecified atom stereocenters. The first kappa shape index (κ1) is 16.0. The fraction of sp³-hybridized carbons (Fsp3) is 0.611. The van der Waals surface area contributed by atoms with Gasteiger partial charge in [-0.15, -0.1) is 0 Å². The summed E-state index contributed by atoms with van der Waals surface area (Å²) in [6, 6.07) is 4.49. The lowest BCUT2D eigenvalue weighted by atomic mass is 10.1. The number of pyridine rings is 1. The van der Waals surface area contributed by atoms with Gasteiger partial charge >= 0.3 is 0 Å². The predicted molar refractivity (Wildman–Crippen MR) is 90.7 cm³/mol. The highest BCUT2D eigenvalue weighted by Gasteiger charge is 2.13. The maximum Gasteiger partial charge on any atom is 0.129 e. The molecular weight excluding hydrogens is 258 g/mol. The molecule has 0 aromatic carbocycles. The van der Waals surface area contributed by atoms with E-state index >= 15 is 0 Å². The Labute approximate surface area is 129 Å². The van der Waals surface area contributed by atoms with Gasteiger partial charge in [-0.25, -0.2) is 4.98 Å². The van der Waals surface area contributed by atoms with Crippen LogP contribution in [0.5, 0.6) is 0 Å². The van der Waals surface area contributed by atoms with Crippen molar-refractivity contribution in [3.63, 3.8) is 0 Å². The first-order valence-corrected chi connectivity index (χ1v) is 8.19. The standard InChI is InChI=1S/C18H29N3/c1-5-17-10-16(13-19-12-14(2)3)11-18(20-17)21-8-6-15(4)7-9-21/h6,10-11,14,19H,5,7-9,12-13H2,1-4H3. The first-order valence-electron chi connectivity index (χ1n) is 8.19. The number of hydrogen-bond donors (Lipinski definition) is 1. The van der Waals surface area contributed by atoms with Crippen molar-refractivity contribution in [3.8, 4) is 0 Å². The number of aryl methyl sites for hydroxylation is 1. The molecule has 0 bridgehead atoms. The molecule has 0 fully saturated rings. The molecule has 0 amide bonds. The molecule has 0 spiro atoms. The van der Waals surface area contributed by atoms with Gasteiger partial charge < -0.3 is 10.2 Å². The molecule has 0 aliphatic carbocycles. The zero-order chi connectivity index (χ0) is 15.2. The molecule has 0 saturated carbocycles. The minimum Gasteiger partial charge on any atom is -0.353 e. The summed E-state index contributed by atoms with van der Waals surface area (Å²) in [5.74, 6) is 1.83. The molecule has 116 valence electrons. The van der Waals surface area contributed by atoms with Crippen molar-refractivity contribution >= 4 is 5.82 Å². The van der Waals surface area contributed by atoms with Crippen molar-refractivity contribution in [3.05, 3.63) is 35.0 Å². The van der Waals surface area contributed by atoms with Crippen molar-refractivity contribution in [2.24, 2.45) is 5.92 Å². The Kier molecular flexibility index (Phi) is 5.80. The second kappa shape index (κ2) is 7.60. The molecular formula is C18H29N3. The van der Waals surface area contributed by atoms with Crippen molar-refractivity contribution in [1.29, 1.82) is 0 Å². The first-order chi connectivity index (χ1) is 10.1. The predicted octanol–water partition coefficient (Wildman–Crippen LogP) is 3.55. The van der Waals surface area contributed by atoms with Crippen LogP contribution in [0.1, 0.15) is 45.4 Å². The second-order valence-corrected chi connectivity index (χ2v) is 6.45. The number of rotatable bonds is 6. The van der Waals surface area contributed by atoms with Crippen LogP contribution in [0.2, 0.25) is 0 Å². The lowest BCUT2D eigenvalue weighted by Crippen LogP contribution is -2.29. The molecule has 1 N–H and O–H groups in total. The van der Waals surface area contributed by atoms with Gasteiger partial charge in [-0.2, -0.15) is 0 Å². The second-order valence-electron chi connectivity index (χ2n) is 6.45. The third kappa shape index (κ3) is 4.85. The van der Waals surface area contributed by atoms with E-state index in [1.54, 1.807) is 0 Å². The average Bonchev–Trinajstić information content (AvgIpc) is 2.47. The Morgan fingerprint density at radius 3 is 2.76 bits per heavy atom. The monoisotopic (exact) mass is 287 g/mol. The van der Waals surface area contributed by atoms with Gasteiger partial charge in [0.05, 0.1) is 0 Å². The minimum absolute atomic E-state index is 0.687. The molecule has 1 aromatic rings. The maximum absolute atomic E-state index is 4.81. The van der Waals surface area contributed by atoms with Crippen molar-refractivity contribution in [1.82, 2.24) is 10.3 Å². The van der Waals surface area contributed by atoms with Crippen molar-refractivity contribution < 1.29 is 0 Å². The van der Waals surface area contributed by atoms with E-state index in [2.05, 4.69) is 56.1 Å². The fourth-order valence-electron chi connectivity index (χ4n) is 2.56. The molecule has 21 heavy (non-hydrogen) atoms. The zero-order valence-electron chi connectivity index (χ0n) is 13.9. The Morgan fingerprint density at radius 1 is 1.33 bits per heavy atom. The highest BCUT2D eigenvalue weighted by atomic mass is 15.2. The van der Waals surface area contributed by atoms with E-state index in [1.807, 2.05) is 0 Å². The van der Waals surface area contributed by atoms with E-state index in [0.29, 0.717) is 5.92 Å². The molecule has 3 nitrogen and oxygen atoms in total. The van der Waals surface area contributed by atoms with Gasteiger partial charge in [-0.3, -0.25) is 0 Å². The number of nitrogens with one attached hydrogen (secondary N) is 1. The smallest absolute Gasteiger partial charge is 0.129 e. The summed E-state index contributed by atoms with van der Waals surface area (Å²) < 4.78 is 0. The highest BCUT2D eigenvalue weighted by molar-refractivity contribution is 5.45. The average molecular weight is 287 g/mol. The SMILES string of the molecule is CCc1cc(CNCC(C)C)cc(N2CC=C(C)CC2)n1. The van der Waals surface area contributed by atoms with Gasteiger partial charge in [0, 0.05) is 25.3 Å². The van der Waals surface area contributed by atoms with Crippen LogP contribution in [0, 0.1) is 5.92 Å². The summed E-state index contributed by atoms with van der Waals surface area (Å²) in [6.45, 7) is 12.9. The molecule has 1 aliphatic heterocycles. The maximum atomic E-state index is 4.81. The molecule has 2 rings (SSSR count). The fourth-order valence-corrected chi connectivity index (χ4v) is 2.56. The van der Waals surface area contributed by atoms with E-state index < -0.39 is 0 Å². The summed E-state index contributed by atoms with van der Waals surface area (Å²) in [5.41, 5.74) is 4.04. The van der Waals surface area contributed by atoms with Crippen LogP contribution >= 0.6 is 0 Å². The number of aromatic nitrogens is 1. The van der Waals surface area contributed by atoms with Crippen LogP contribution < -0.4 is 10.2 Å². The van der Waals surface area contributed by atoms with Gasteiger partial charge in [0.15, 0.2) is 0 Å². The molecule has 0 saturated heterocycles. The van der Waals surface area contributed by atoms with Gasteiger partial charge in [-0.05, 0) is 49.9 Å². The number of hydrogen-bond acceptors (Lipinski definition) is 3. The van der Waals surface area contributed by atoms with Crippen LogP contribution in [0.25, 0.3) is 0 Å².